The van der Waals surface area contributed by atoms with E-state index in [4.69, 9.17) is 4.74 Å². The van der Waals surface area contributed by atoms with E-state index in [1.54, 1.807) is 0 Å². The van der Waals surface area contributed by atoms with Crippen LogP contribution in [0.5, 0.6) is 0 Å². The Morgan fingerprint density at radius 2 is 2.29 bits per heavy atom. The lowest BCUT2D eigenvalue weighted by Crippen LogP contribution is -2.36. The van der Waals surface area contributed by atoms with Crippen molar-refractivity contribution in [2.45, 2.75) is 12.8 Å². The van der Waals surface area contributed by atoms with Gasteiger partial charge < -0.3 is 4.74 Å². The molecule has 4 heteroatoms. The number of hydrogen-bond acceptors (Lipinski definition) is 3. The number of hydrogen-bond donors (Lipinski definition) is 1. The SMILES string of the molecule is c1cc(CCCN2CCOCC2)[nH]n1. The molecule has 0 radical (unpaired) electrons. The van der Waals surface area contributed by atoms with Crippen molar-refractivity contribution in [3.05, 3.63) is 18.0 Å². The van der Waals surface area contributed by atoms with Crippen molar-refractivity contribution >= 4 is 0 Å². The summed E-state index contributed by atoms with van der Waals surface area (Å²) < 4.78 is 5.29. The predicted molar refractivity (Wildman–Crippen MR) is 54.2 cm³/mol. The van der Waals surface area contributed by atoms with E-state index in [9.17, 15) is 0 Å². The first kappa shape index (κ1) is 9.68. The maximum absolute atomic E-state index is 5.29. The third kappa shape index (κ3) is 2.82. The summed E-state index contributed by atoms with van der Waals surface area (Å²) in [6.45, 7) is 5.13. The van der Waals surface area contributed by atoms with Gasteiger partial charge in [0.05, 0.1) is 13.2 Å². The van der Waals surface area contributed by atoms with Crippen LogP contribution in [0.4, 0.5) is 0 Å². The Bertz CT molecular complexity index is 242. The highest BCUT2D eigenvalue weighted by Gasteiger charge is 2.09. The molecule has 14 heavy (non-hydrogen) atoms. The molecule has 0 saturated carbocycles. The molecule has 0 aromatic carbocycles. The molecule has 0 spiro atoms. The van der Waals surface area contributed by atoms with Gasteiger partial charge in [0.1, 0.15) is 0 Å². The number of nitrogens with one attached hydrogen (secondary N) is 1. The molecule has 1 aromatic heterocycles. The molecule has 0 amide bonds. The number of ether oxygens (including phenoxy) is 1. The summed E-state index contributed by atoms with van der Waals surface area (Å²) >= 11 is 0. The van der Waals surface area contributed by atoms with Crippen LogP contribution in [-0.2, 0) is 11.2 Å². The number of rotatable bonds is 4. The van der Waals surface area contributed by atoms with E-state index >= 15 is 0 Å². The Balaban J connectivity index is 1.62. The van der Waals surface area contributed by atoms with Crippen LogP contribution in [0.15, 0.2) is 12.3 Å². The monoisotopic (exact) mass is 195 g/mol. The van der Waals surface area contributed by atoms with Crippen molar-refractivity contribution < 1.29 is 4.74 Å². The van der Waals surface area contributed by atoms with E-state index in [0.717, 1.165) is 32.7 Å². The average molecular weight is 195 g/mol. The van der Waals surface area contributed by atoms with Crippen LogP contribution < -0.4 is 0 Å². The third-order valence-corrected chi connectivity index (χ3v) is 2.58. The second kappa shape index (κ2) is 5.12. The van der Waals surface area contributed by atoms with E-state index < -0.39 is 0 Å². The lowest BCUT2D eigenvalue weighted by molar-refractivity contribution is 0.0374. The Labute approximate surface area is 84.3 Å². The van der Waals surface area contributed by atoms with Gasteiger partial charge in [-0.15, -0.1) is 0 Å². The normalized spacial score (nSPS) is 18.6. The van der Waals surface area contributed by atoms with E-state index in [-0.39, 0.29) is 0 Å². The number of H-pyrrole nitrogens is 1. The lowest BCUT2D eigenvalue weighted by atomic mass is 10.2. The van der Waals surface area contributed by atoms with Crippen molar-refractivity contribution in [2.75, 3.05) is 32.8 Å². The molecule has 78 valence electrons. The standard InChI is InChI=1S/C10H17N3O/c1(2-10-3-4-11-12-10)5-13-6-8-14-9-7-13/h3-4H,1-2,5-9H2,(H,11,12). The van der Waals surface area contributed by atoms with Gasteiger partial charge in [-0.05, 0) is 25.5 Å². The highest BCUT2D eigenvalue weighted by Crippen LogP contribution is 2.02. The van der Waals surface area contributed by atoms with E-state index in [0.29, 0.717) is 0 Å². The van der Waals surface area contributed by atoms with Gasteiger partial charge in [-0.25, -0.2) is 0 Å². The average Bonchev–Trinajstić information content (AvgIpc) is 2.72. The van der Waals surface area contributed by atoms with Crippen LogP contribution >= 0.6 is 0 Å². The van der Waals surface area contributed by atoms with Gasteiger partial charge in [0.15, 0.2) is 0 Å². The Morgan fingerprint density at radius 1 is 1.43 bits per heavy atom. The molecule has 1 aromatic rings. The molecular formula is C10H17N3O. The zero-order chi connectivity index (χ0) is 9.64. The molecular weight excluding hydrogens is 178 g/mol. The maximum Gasteiger partial charge on any atom is 0.0594 e. The summed E-state index contributed by atoms with van der Waals surface area (Å²) in [5, 5.41) is 6.91. The van der Waals surface area contributed by atoms with E-state index in [1.807, 2.05) is 12.3 Å². The maximum atomic E-state index is 5.29. The Hall–Kier alpha value is -0.870. The molecule has 0 atom stereocenters. The minimum absolute atomic E-state index is 0.893. The minimum atomic E-state index is 0.893. The lowest BCUT2D eigenvalue weighted by Gasteiger charge is -2.26. The third-order valence-electron chi connectivity index (χ3n) is 2.58. The zero-order valence-electron chi connectivity index (χ0n) is 8.41. The van der Waals surface area contributed by atoms with Crippen LogP contribution in [0, 0.1) is 0 Å². The fourth-order valence-corrected chi connectivity index (χ4v) is 1.74. The molecule has 1 N–H and O–H groups in total. The van der Waals surface area contributed by atoms with Crippen molar-refractivity contribution in [2.24, 2.45) is 0 Å². The highest BCUT2D eigenvalue weighted by atomic mass is 16.5. The van der Waals surface area contributed by atoms with Crippen LogP contribution in [0.25, 0.3) is 0 Å². The van der Waals surface area contributed by atoms with Crippen LogP contribution in [0.3, 0.4) is 0 Å². The van der Waals surface area contributed by atoms with Crippen LogP contribution in [0.1, 0.15) is 12.1 Å². The van der Waals surface area contributed by atoms with E-state index in [2.05, 4.69) is 15.1 Å². The first-order valence-electron chi connectivity index (χ1n) is 5.23. The van der Waals surface area contributed by atoms with Crippen LogP contribution in [-0.4, -0.2) is 47.9 Å². The van der Waals surface area contributed by atoms with E-state index in [1.165, 1.54) is 18.7 Å². The molecule has 1 fully saturated rings. The topological polar surface area (TPSA) is 41.1 Å². The second-order valence-corrected chi connectivity index (χ2v) is 3.64. The van der Waals surface area contributed by atoms with Gasteiger partial charge in [0.25, 0.3) is 0 Å². The number of aryl methyl sites for hydroxylation is 1. The minimum Gasteiger partial charge on any atom is -0.379 e. The van der Waals surface area contributed by atoms with Crippen molar-refractivity contribution in [1.82, 2.24) is 15.1 Å². The molecule has 1 saturated heterocycles. The van der Waals surface area contributed by atoms with Gasteiger partial charge in [-0.2, -0.15) is 5.10 Å². The smallest absolute Gasteiger partial charge is 0.0594 e. The number of morpholine rings is 1. The number of aromatic nitrogens is 2. The quantitative estimate of drug-likeness (QED) is 0.768. The number of aromatic amines is 1. The van der Waals surface area contributed by atoms with Crippen molar-refractivity contribution in [3.8, 4) is 0 Å². The molecule has 0 unspecified atom stereocenters. The summed E-state index contributed by atoms with van der Waals surface area (Å²) in [7, 11) is 0. The second-order valence-electron chi connectivity index (χ2n) is 3.64. The van der Waals surface area contributed by atoms with Gasteiger partial charge >= 0.3 is 0 Å². The largest absolute Gasteiger partial charge is 0.379 e. The summed E-state index contributed by atoms with van der Waals surface area (Å²) in [6, 6.07) is 2.04. The first-order chi connectivity index (χ1) is 6.95. The van der Waals surface area contributed by atoms with Gasteiger partial charge in [-0.3, -0.25) is 10.00 Å². The fourth-order valence-electron chi connectivity index (χ4n) is 1.74. The molecule has 4 nitrogen and oxygen atoms in total. The first-order valence-corrected chi connectivity index (χ1v) is 5.23. The number of nitrogens with zero attached hydrogens (tertiary/aromatic N) is 2. The molecule has 1 aliphatic heterocycles. The van der Waals surface area contributed by atoms with Crippen LogP contribution in [0.2, 0.25) is 0 Å². The summed E-state index contributed by atoms with van der Waals surface area (Å²) in [5.41, 5.74) is 1.23. The molecule has 2 heterocycles. The van der Waals surface area contributed by atoms with Gasteiger partial charge in [-0.1, -0.05) is 0 Å². The Morgan fingerprint density at radius 3 is 3.00 bits per heavy atom. The molecule has 0 aliphatic carbocycles. The summed E-state index contributed by atoms with van der Waals surface area (Å²) in [4.78, 5) is 2.46. The van der Waals surface area contributed by atoms with Gasteiger partial charge in [0.2, 0.25) is 0 Å². The molecule has 1 aliphatic rings. The Kier molecular flexibility index (Phi) is 3.54. The zero-order valence-corrected chi connectivity index (χ0v) is 8.41. The molecule has 0 bridgehead atoms. The van der Waals surface area contributed by atoms with Gasteiger partial charge in [0, 0.05) is 25.0 Å². The summed E-state index contributed by atoms with van der Waals surface area (Å²) in [5.74, 6) is 0. The summed E-state index contributed by atoms with van der Waals surface area (Å²) in [6.07, 6.45) is 4.10. The van der Waals surface area contributed by atoms with Crippen molar-refractivity contribution in [1.29, 1.82) is 0 Å². The predicted octanol–water partition coefficient (Wildman–Crippen LogP) is 0.674. The molecule has 2 rings (SSSR count). The van der Waals surface area contributed by atoms with Crippen molar-refractivity contribution in [3.63, 3.8) is 0 Å². The highest BCUT2D eigenvalue weighted by molar-refractivity contribution is 4.97. The fraction of sp³-hybridized carbons (Fsp3) is 0.700.